The van der Waals surface area contributed by atoms with Crippen LogP contribution in [0.15, 0.2) is 39.8 Å². The van der Waals surface area contributed by atoms with Crippen molar-refractivity contribution in [2.45, 2.75) is 58.7 Å². The van der Waals surface area contributed by atoms with Gasteiger partial charge in [-0.15, -0.1) is 0 Å². The van der Waals surface area contributed by atoms with E-state index in [0.29, 0.717) is 31.6 Å². The minimum atomic E-state index is -0.344. The van der Waals surface area contributed by atoms with E-state index >= 15 is 0 Å². The summed E-state index contributed by atoms with van der Waals surface area (Å²) >= 11 is 0. The van der Waals surface area contributed by atoms with Crippen molar-refractivity contribution in [1.82, 2.24) is 15.8 Å². The number of rotatable bonds is 8. The fourth-order valence-electron chi connectivity index (χ4n) is 3.12. The average Bonchev–Trinajstić information content (AvgIpc) is 3.42. The van der Waals surface area contributed by atoms with Crippen LogP contribution in [0.1, 0.15) is 56.5 Å². The minimum Gasteiger partial charge on any atom is -0.368 e. The number of benzene rings is 1. The number of aliphatic imine (C=N–C) groups is 1. The van der Waals surface area contributed by atoms with Gasteiger partial charge in [-0.3, -0.25) is 4.79 Å². The van der Waals surface area contributed by atoms with Crippen LogP contribution in [0.5, 0.6) is 0 Å². The molecule has 8 nitrogen and oxygen atoms in total. The van der Waals surface area contributed by atoms with Crippen molar-refractivity contribution >= 4 is 17.6 Å². The molecule has 2 aromatic rings. The van der Waals surface area contributed by atoms with Gasteiger partial charge in [0.25, 0.3) is 5.91 Å². The quantitative estimate of drug-likeness (QED) is 0.454. The zero-order chi connectivity index (χ0) is 21.3. The number of carbonyl (C=O) groups is 1. The van der Waals surface area contributed by atoms with E-state index in [2.05, 4.69) is 39.9 Å². The Labute approximate surface area is 177 Å². The van der Waals surface area contributed by atoms with Crippen LogP contribution in [0.4, 0.5) is 5.69 Å². The molecular weight excluding hydrogens is 382 g/mol. The normalized spacial score (nSPS) is 16.7. The first-order chi connectivity index (χ1) is 14.5. The van der Waals surface area contributed by atoms with Crippen LogP contribution in [0, 0.1) is 0 Å². The van der Waals surface area contributed by atoms with E-state index < -0.39 is 0 Å². The molecule has 1 aromatic carbocycles. The Bertz CT molecular complexity index is 856. The van der Waals surface area contributed by atoms with Crippen LogP contribution >= 0.6 is 0 Å². The average molecular weight is 414 g/mol. The molecule has 1 saturated heterocycles. The van der Waals surface area contributed by atoms with Crippen LogP contribution < -0.4 is 16.0 Å². The Morgan fingerprint density at radius 1 is 1.30 bits per heavy atom. The first-order valence-corrected chi connectivity index (χ1v) is 10.5. The zero-order valence-corrected chi connectivity index (χ0v) is 17.9. The van der Waals surface area contributed by atoms with Gasteiger partial charge in [0.1, 0.15) is 6.10 Å². The lowest BCUT2D eigenvalue weighted by Gasteiger charge is -2.12. The fourth-order valence-corrected chi connectivity index (χ4v) is 3.12. The third-order valence-electron chi connectivity index (χ3n) is 4.78. The fraction of sp³-hybridized carbons (Fsp3) is 0.500. The first-order valence-electron chi connectivity index (χ1n) is 10.5. The molecule has 1 aliphatic rings. The maximum Gasteiger partial charge on any atom is 0.253 e. The van der Waals surface area contributed by atoms with Gasteiger partial charge in [0.15, 0.2) is 11.7 Å². The molecule has 1 aromatic heterocycles. The highest BCUT2D eigenvalue weighted by molar-refractivity contribution is 5.94. The summed E-state index contributed by atoms with van der Waals surface area (Å²) in [4.78, 5) is 16.9. The van der Waals surface area contributed by atoms with E-state index in [9.17, 15) is 4.79 Å². The summed E-state index contributed by atoms with van der Waals surface area (Å²) in [6.45, 7) is 8.56. The topological polar surface area (TPSA) is 101 Å². The van der Waals surface area contributed by atoms with Crippen molar-refractivity contribution in [2.24, 2.45) is 4.99 Å². The number of amides is 1. The summed E-state index contributed by atoms with van der Waals surface area (Å²) in [6.07, 6.45) is 1.36. The lowest BCUT2D eigenvalue weighted by Crippen LogP contribution is -2.36. The second-order valence-electron chi connectivity index (χ2n) is 7.61. The summed E-state index contributed by atoms with van der Waals surface area (Å²) in [5, 5.41) is 13.5. The van der Waals surface area contributed by atoms with E-state index in [4.69, 9.17) is 9.26 Å². The van der Waals surface area contributed by atoms with E-state index in [1.165, 1.54) is 0 Å². The summed E-state index contributed by atoms with van der Waals surface area (Å²) in [5.74, 6) is 1.70. The minimum absolute atomic E-state index is 0.0871. The number of hydrogen-bond donors (Lipinski definition) is 3. The zero-order valence-electron chi connectivity index (χ0n) is 17.9. The molecule has 0 spiro atoms. The lowest BCUT2D eigenvalue weighted by molar-refractivity contribution is -0.124. The molecule has 162 valence electrons. The van der Waals surface area contributed by atoms with Gasteiger partial charge >= 0.3 is 0 Å². The van der Waals surface area contributed by atoms with Crippen LogP contribution in [0.25, 0.3) is 0 Å². The number of nitrogens with zero attached hydrogens (tertiary/aromatic N) is 2. The van der Waals surface area contributed by atoms with Crippen molar-refractivity contribution < 1.29 is 14.1 Å². The second-order valence-corrected chi connectivity index (χ2v) is 7.61. The summed E-state index contributed by atoms with van der Waals surface area (Å²) in [7, 11) is 0. The summed E-state index contributed by atoms with van der Waals surface area (Å²) in [6, 6.07) is 9.67. The number of hydrogen-bond acceptors (Lipinski definition) is 5. The maximum atomic E-state index is 12.2. The van der Waals surface area contributed by atoms with Gasteiger partial charge in [-0.05, 0) is 43.4 Å². The molecule has 0 saturated carbocycles. The van der Waals surface area contributed by atoms with Gasteiger partial charge in [0.2, 0.25) is 0 Å². The standard InChI is InChI=1S/C22H31N5O3/c1-4-23-22(25-14-18-12-19(15(2)3)27-30-18)24-13-16-7-5-8-17(11-16)26-21(28)20-9-6-10-29-20/h5,7-8,11-12,15,20H,4,6,9-10,13-14H2,1-3H3,(H,26,28)(H2,23,24,25). The van der Waals surface area contributed by atoms with Gasteiger partial charge < -0.3 is 25.2 Å². The Balaban J connectivity index is 1.57. The Hall–Kier alpha value is -2.87. The number of carbonyl (C=O) groups excluding carboxylic acids is 1. The molecule has 3 rings (SSSR count). The molecule has 0 radical (unpaired) electrons. The molecule has 0 aliphatic carbocycles. The molecule has 30 heavy (non-hydrogen) atoms. The Morgan fingerprint density at radius 2 is 2.17 bits per heavy atom. The predicted octanol–water partition coefficient (Wildman–Crippen LogP) is 3.17. The lowest BCUT2D eigenvalue weighted by atomic mass is 10.1. The first kappa shape index (κ1) is 21.8. The molecule has 3 N–H and O–H groups in total. The van der Waals surface area contributed by atoms with Gasteiger partial charge in [-0.25, -0.2) is 4.99 Å². The van der Waals surface area contributed by atoms with Gasteiger partial charge in [-0.2, -0.15) is 0 Å². The monoisotopic (exact) mass is 413 g/mol. The van der Waals surface area contributed by atoms with E-state index in [1.807, 2.05) is 37.3 Å². The second kappa shape index (κ2) is 10.8. The van der Waals surface area contributed by atoms with E-state index in [1.54, 1.807) is 0 Å². The molecular formula is C22H31N5O3. The van der Waals surface area contributed by atoms with Crippen LogP contribution in [-0.2, 0) is 22.6 Å². The molecule has 8 heteroatoms. The van der Waals surface area contributed by atoms with Gasteiger partial charge in [-0.1, -0.05) is 31.1 Å². The van der Waals surface area contributed by atoms with Gasteiger partial charge in [0, 0.05) is 24.9 Å². The number of nitrogens with one attached hydrogen (secondary N) is 3. The SMILES string of the molecule is CCNC(=NCc1cccc(NC(=O)C2CCCO2)c1)NCc1cc(C(C)C)no1. The highest BCUT2D eigenvalue weighted by Gasteiger charge is 2.23. The molecule has 1 amide bonds. The summed E-state index contributed by atoms with van der Waals surface area (Å²) in [5.41, 5.74) is 2.69. The van der Waals surface area contributed by atoms with Gasteiger partial charge in [0.05, 0.1) is 18.8 Å². The van der Waals surface area contributed by atoms with Crippen LogP contribution in [-0.4, -0.2) is 36.3 Å². The molecule has 0 bridgehead atoms. The molecule has 1 unspecified atom stereocenters. The predicted molar refractivity (Wildman–Crippen MR) is 116 cm³/mol. The van der Waals surface area contributed by atoms with Crippen molar-refractivity contribution in [3.05, 3.63) is 47.3 Å². The molecule has 1 aliphatic heterocycles. The molecule has 2 heterocycles. The highest BCUT2D eigenvalue weighted by atomic mass is 16.5. The number of anilines is 1. The number of ether oxygens (including phenoxy) is 1. The largest absolute Gasteiger partial charge is 0.368 e. The third-order valence-corrected chi connectivity index (χ3v) is 4.78. The van der Waals surface area contributed by atoms with Crippen LogP contribution in [0.2, 0.25) is 0 Å². The third kappa shape index (κ3) is 6.32. The van der Waals surface area contributed by atoms with Crippen molar-refractivity contribution in [1.29, 1.82) is 0 Å². The Kier molecular flexibility index (Phi) is 7.84. The van der Waals surface area contributed by atoms with Crippen molar-refractivity contribution in [3.8, 4) is 0 Å². The summed E-state index contributed by atoms with van der Waals surface area (Å²) < 4.78 is 10.8. The Morgan fingerprint density at radius 3 is 2.87 bits per heavy atom. The van der Waals surface area contributed by atoms with Crippen LogP contribution in [0.3, 0.4) is 0 Å². The highest BCUT2D eigenvalue weighted by Crippen LogP contribution is 2.17. The number of guanidine groups is 1. The van der Waals surface area contributed by atoms with Crippen molar-refractivity contribution in [3.63, 3.8) is 0 Å². The molecule has 1 atom stereocenters. The van der Waals surface area contributed by atoms with Crippen molar-refractivity contribution in [2.75, 3.05) is 18.5 Å². The molecule has 1 fully saturated rings. The maximum absolute atomic E-state index is 12.2. The number of aromatic nitrogens is 1. The van der Waals surface area contributed by atoms with E-state index in [0.717, 1.165) is 42.1 Å². The van der Waals surface area contributed by atoms with E-state index in [-0.39, 0.29) is 12.0 Å². The smallest absolute Gasteiger partial charge is 0.253 e.